The van der Waals surface area contributed by atoms with Crippen molar-refractivity contribution in [2.45, 2.75) is 18.9 Å². The lowest BCUT2D eigenvalue weighted by Gasteiger charge is -2.01. The van der Waals surface area contributed by atoms with Crippen molar-refractivity contribution < 1.29 is 12.9 Å². The molecule has 2 heterocycles. The zero-order chi connectivity index (χ0) is 14.0. The lowest BCUT2D eigenvalue weighted by atomic mass is 10.1. The number of aromatic nitrogens is 2. The van der Waals surface area contributed by atoms with Gasteiger partial charge in [-0.1, -0.05) is 23.4 Å². The van der Waals surface area contributed by atoms with Crippen molar-refractivity contribution in [3.8, 4) is 0 Å². The molecule has 106 valence electrons. The van der Waals surface area contributed by atoms with Gasteiger partial charge in [-0.15, -0.1) is 0 Å². The number of anilines is 1. The average molecular weight is 293 g/mol. The second-order valence-electron chi connectivity index (χ2n) is 4.87. The van der Waals surface area contributed by atoms with Crippen LogP contribution in [0.1, 0.15) is 24.1 Å². The minimum Gasteiger partial charge on any atom is -0.376 e. The topological polar surface area (TPSA) is 85.1 Å². The van der Waals surface area contributed by atoms with Crippen LogP contribution < -0.4 is 5.32 Å². The molecule has 0 aliphatic carbocycles. The molecule has 1 atom stereocenters. The molecule has 2 aromatic rings. The van der Waals surface area contributed by atoms with E-state index in [4.69, 9.17) is 4.52 Å². The van der Waals surface area contributed by atoms with Crippen molar-refractivity contribution in [2.75, 3.05) is 16.8 Å². The molecule has 0 radical (unpaired) electrons. The number of rotatable bonds is 4. The van der Waals surface area contributed by atoms with Crippen molar-refractivity contribution in [2.24, 2.45) is 0 Å². The first-order valence-corrected chi connectivity index (χ1v) is 8.26. The van der Waals surface area contributed by atoms with Gasteiger partial charge in [0.25, 0.3) is 0 Å². The highest BCUT2D eigenvalue weighted by Gasteiger charge is 2.32. The van der Waals surface area contributed by atoms with Gasteiger partial charge in [0, 0.05) is 11.6 Å². The van der Waals surface area contributed by atoms with Crippen LogP contribution in [0.25, 0.3) is 0 Å². The summed E-state index contributed by atoms with van der Waals surface area (Å²) in [7, 11) is -2.93. The van der Waals surface area contributed by atoms with Gasteiger partial charge in [0.15, 0.2) is 15.7 Å². The molecule has 3 rings (SSSR count). The van der Waals surface area contributed by atoms with Gasteiger partial charge in [-0.05, 0) is 18.6 Å². The molecule has 0 spiro atoms. The van der Waals surface area contributed by atoms with E-state index in [1.165, 1.54) is 0 Å². The SMILES string of the molecule is O=S1(=O)CCC(c2noc(CNc3ccccc3)n2)C1. The molecule has 1 aromatic heterocycles. The van der Waals surface area contributed by atoms with Crippen LogP contribution in [0.3, 0.4) is 0 Å². The largest absolute Gasteiger partial charge is 0.376 e. The number of nitrogens with one attached hydrogen (secondary N) is 1. The van der Waals surface area contributed by atoms with Gasteiger partial charge in [-0.3, -0.25) is 0 Å². The van der Waals surface area contributed by atoms with Crippen LogP contribution in [0.5, 0.6) is 0 Å². The maximum atomic E-state index is 11.4. The normalized spacial score (nSPS) is 20.9. The number of benzene rings is 1. The van der Waals surface area contributed by atoms with E-state index in [2.05, 4.69) is 15.5 Å². The van der Waals surface area contributed by atoms with Gasteiger partial charge < -0.3 is 9.84 Å². The molecule has 20 heavy (non-hydrogen) atoms. The first kappa shape index (κ1) is 13.1. The van der Waals surface area contributed by atoms with E-state index in [0.29, 0.717) is 24.7 Å². The van der Waals surface area contributed by atoms with Crippen LogP contribution in [0.2, 0.25) is 0 Å². The standard InChI is InChI=1S/C13H15N3O3S/c17-20(18)7-6-10(9-20)13-15-12(19-16-13)8-14-11-4-2-1-3-5-11/h1-5,10,14H,6-9H2. The van der Waals surface area contributed by atoms with Gasteiger partial charge in [0.1, 0.15) is 0 Å². The Labute approximate surface area is 117 Å². The fourth-order valence-electron chi connectivity index (χ4n) is 2.24. The van der Waals surface area contributed by atoms with E-state index in [9.17, 15) is 8.42 Å². The number of sulfone groups is 1. The van der Waals surface area contributed by atoms with Crippen molar-refractivity contribution in [1.29, 1.82) is 0 Å². The predicted molar refractivity (Wildman–Crippen MR) is 74.1 cm³/mol. The second-order valence-corrected chi connectivity index (χ2v) is 7.09. The van der Waals surface area contributed by atoms with Crippen LogP contribution in [0.15, 0.2) is 34.9 Å². The molecule has 6 nitrogen and oxygen atoms in total. The van der Waals surface area contributed by atoms with E-state index in [0.717, 1.165) is 5.69 Å². The minimum atomic E-state index is -2.93. The first-order chi connectivity index (χ1) is 9.62. The Hall–Kier alpha value is -1.89. The molecule has 1 saturated heterocycles. The zero-order valence-corrected chi connectivity index (χ0v) is 11.6. The fourth-order valence-corrected chi connectivity index (χ4v) is 3.98. The quantitative estimate of drug-likeness (QED) is 0.921. The smallest absolute Gasteiger partial charge is 0.245 e. The lowest BCUT2D eigenvalue weighted by Crippen LogP contribution is -2.05. The van der Waals surface area contributed by atoms with E-state index in [1.54, 1.807) is 0 Å². The summed E-state index contributed by atoms with van der Waals surface area (Å²) in [5.74, 6) is 1.17. The Morgan fingerprint density at radius 1 is 1.30 bits per heavy atom. The third kappa shape index (κ3) is 2.98. The van der Waals surface area contributed by atoms with E-state index in [-0.39, 0.29) is 17.4 Å². The van der Waals surface area contributed by atoms with Gasteiger partial charge >= 0.3 is 0 Å². The Kier molecular flexibility index (Phi) is 3.43. The van der Waals surface area contributed by atoms with E-state index >= 15 is 0 Å². The monoisotopic (exact) mass is 293 g/mol. The molecule has 0 bridgehead atoms. The predicted octanol–water partition coefficient (Wildman–Crippen LogP) is 1.58. The summed E-state index contributed by atoms with van der Waals surface area (Å²) in [4.78, 5) is 4.27. The number of nitrogens with zero attached hydrogens (tertiary/aromatic N) is 2. The zero-order valence-electron chi connectivity index (χ0n) is 10.8. The molecule has 1 N–H and O–H groups in total. The molecule has 1 aromatic carbocycles. The second kappa shape index (κ2) is 5.24. The Morgan fingerprint density at radius 2 is 2.10 bits per heavy atom. The maximum Gasteiger partial charge on any atom is 0.245 e. The first-order valence-electron chi connectivity index (χ1n) is 6.44. The minimum absolute atomic E-state index is 0.123. The van der Waals surface area contributed by atoms with Gasteiger partial charge in [-0.25, -0.2) is 8.42 Å². The highest BCUT2D eigenvalue weighted by Crippen LogP contribution is 2.26. The lowest BCUT2D eigenvalue weighted by molar-refractivity contribution is 0.375. The van der Waals surface area contributed by atoms with Crippen molar-refractivity contribution >= 4 is 15.5 Å². The van der Waals surface area contributed by atoms with Gasteiger partial charge in [-0.2, -0.15) is 4.98 Å². The van der Waals surface area contributed by atoms with Crippen LogP contribution >= 0.6 is 0 Å². The Morgan fingerprint density at radius 3 is 2.80 bits per heavy atom. The molecule has 1 aliphatic rings. The average Bonchev–Trinajstić information content (AvgIpc) is 3.04. The van der Waals surface area contributed by atoms with Crippen LogP contribution in [-0.4, -0.2) is 30.1 Å². The Balaban J connectivity index is 1.63. The van der Waals surface area contributed by atoms with Crippen LogP contribution in [-0.2, 0) is 16.4 Å². The van der Waals surface area contributed by atoms with E-state index < -0.39 is 9.84 Å². The molecular formula is C13H15N3O3S. The molecule has 7 heteroatoms. The molecule has 1 fully saturated rings. The van der Waals surface area contributed by atoms with Gasteiger partial charge in [0.2, 0.25) is 5.89 Å². The number of para-hydroxylation sites is 1. The molecular weight excluding hydrogens is 278 g/mol. The van der Waals surface area contributed by atoms with Crippen molar-refractivity contribution in [3.05, 3.63) is 42.0 Å². The summed E-state index contributed by atoms with van der Waals surface area (Å²) in [5, 5.41) is 7.05. The molecule has 0 amide bonds. The fraction of sp³-hybridized carbons (Fsp3) is 0.385. The molecule has 1 unspecified atom stereocenters. The van der Waals surface area contributed by atoms with E-state index in [1.807, 2.05) is 30.3 Å². The third-order valence-electron chi connectivity index (χ3n) is 3.30. The highest BCUT2D eigenvalue weighted by molar-refractivity contribution is 7.91. The van der Waals surface area contributed by atoms with Crippen molar-refractivity contribution in [1.82, 2.24) is 10.1 Å². The highest BCUT2D eigenvalue weighted by atomic mass is 32.2. The van der Waals surface area contributed by atoms with Gasteiger partial charge in [0.05, 0.1) is 18.1 Å². The summed E-state index contributed by atoms with van der Waals surface area (Å²) in [6.45, 7) is 0.427. The molecule has 1 aliphatic heterocycles. The summed E-state index contributed by atoms with van der Waals surface area (Å²) in [6, 6.07) is 9.70. The molecule has 0 saturated carbocycles. The summed E-state index contributed by atoms with van der Waals surface area (Å²) in [5.41, 5.74) is 0.968. The Bertz CT molecular complexity index is 682. The van der Waals surface area contributed by atoms with Crippen LogP contribution in [0.4, 0.5) is 5.69 Å². The number of hydrogen-bond acceptors (Lipinski definition) is 6. The summed E-state index contributed by atoms with van der Waals surface area (Å²) >= 11 is 0. The third-order valence-corrected chi connectivity index (χ3v) is 5.07. The van der Waals surface area contributed by atoms with Crippen molar-refractivity contribution in [3.63, 3.8) is 0 Å². The summed E-state index contributed by atoms with van der Waals surface area (Å²) < 4.78 is 28.0. The van der Waals surface area contributed by atoms with Crippen LogP contribution in [0, 0.1) is 0 Å². The number of hydrogen-bond donors (Lipinski definition) is 1. The summed E-state index contributed by atoms with van der Waals surface area (Å²) in [6.07, 6.45) is 0.577. The maximum absolute atomic E-state index is 11.4.